The lowest BCUT2D eigenvalue weighted by Gasteiger charge is -2.18. The summed E-state index contributed by atoms with van der Waals surface area (Å²) in [6.07, 6.45) is 5.05. The molecule has 0 saturated carbocycles. The molecule has 1 rings (SSSR count). The predicted octanol–water partition coefficient (Wildman–Crippen LogP) is 1.75. The second-order valence-corrected chi connectivity index (χ2v) is 4.21. The standard InChI is InChI=1S/C12H9BrFNO3/c1-2-6-15(7-10(16)17)12(18)8-4-3-5-9(13)11(8)14/h1,3-5H,6-7H2,(H,16,17). The molecule has 0 aliphatic heterocycles. The van der Waals surface area contributed by atoms with Gasteiger partial charge in [0.15, 0.2) is 0 Å². The summed E-state index contributed by atoms with van der Waals surface area (Å²) in [5.41, 5.74) is -0.221. The maximum absolute atomic E-state index is 13.7. The third kappa shape index (κ3) is 3.31. The first-order chi connectivity index (χ1) is 8.47. The fraction of sp³-hybridized carbons (Fsp3) is 0.167. The van der Waals surface area contributed by atoms with Crippen molar-refractivity contribution >= 4 is 27.8 Å². The molecule has 18 heavy (non-hydrogen) atoms. The predicted molar refractivity (Wildman–Crippen MR) is 66.5 cm³/mol. The smallest absolute Gasteiger partial charge is 0.323 e. The molecule has 1 aromatic rings. The van der Waals surface area contributed by atoms with Gasteiger partial charge in [-0.3, -0.25) is 9.59 Å². The molecule has 0 heterocycles. The fourth-order valence-corrected chi connectivity index (χ4v) is 1.68. The molecule has 6 heteroatoms. The fourth-order valence-electron chi connectivity index (χ4n) is 1.31. The minimum absolute atomic E-state index is 0.129. The Kier molecular flexibility index (Phi) is 4.86. The van der Waals surface area contributed by atoms with Crippen LogP contribution in [0.5, 0.6) is 0 Å². The molecule has 1 N–H and O–H groups in total. The van der Waals surface area contributed by atoms with Gasteiger partial charge in [-0.2, -0.15) is 0 Å². The van der Waals surface area contributed by atoms with Gasteiger partial charge < -0.3 is 10.0 Å². The van der Waals surface area contributed by atoms with E-state index in [9.17, 15) is 14.0 Å². The highest BCUT2D eigenvalue weighted by molar-refractivity contribution is 9.10. The van der Waals surface area contributed by atoms with E-state index in [0.29, 0.717) is 0 Å². The van der Waals surface area contributed by atoms with Gasteiger partial charge in [0.05, 0.1) is 16.6 Å². The first kappa shape index (κ1) is 14.2. The number of carbonyl (C=O) groups is 2. The van der Waals surface area contributed by atoms with Crippen LogP contribution in [0.4, 0.5) is 4.39 Å². The van der Waals surface area contributed by atoms with Crippen molar-refractivity contribution in [3.05, 3.63) is 34.1 Å². The Morgan fingerprint density at radius 2 is 2.17 bits per heavy atom. The van der Waals surface area contributed by atoms with Crippen molar-refractivity contribution < 1.29 is 19.1 Å². The maximum atomic E-state index is 13.7. The highest BCUT2D eigenvalue weighted by atomic mass is 79.9. The van der Waals surface area contributed by atoms with Gasteiger partial charge in [-0.1, -0.05) is 12.0 Å². The van der Waals surface area contributed by atoms with Gasteiger partial charge in [0.25, 0.3) is 5.91 Å². The molecule has 0 aromatic heterocycles. The molecule has 0 radical (unpaired) electrons. The largest absolute Gasteiger partial charge is 0.480 e. The van der Waals surface area contributed by atoms with Crippen molar-refractivity contribution in [3.8, 4) is 12.3 Å². The van der Waals surface area contributed by atoms with Crippen LogP contribution in [-0.2, 0) is 4.79 Å². The molecular formula is C12H9BrFNO3. The lowest BCUT2D eigenvalue weighted by atomic mass is 10.2. The molecule has 0 spiro atoms. The highest BCUT2D eigenvalue weighted by Gasteiger charge is 2.21. The van der Waals surface area contributed by atoms with Crippen LogP contribution < -0.4 is 0 Å². The Balaban J connectivity index is 3.06. The number of aliphatic carboxylic acids is 1. The second kappa shape index (κ2) is 6.17. The molecule has 94 valence electrons. The van der Waals surface area contributed by atoms with Crippen LogP contribution >= 0.6 is 15.9 Å². The number of rotatable bonds is 4. The third-order valence-electron chi connectivity index (χ3n) is 2.08. The van der Waals surface area contributed by atoms with Crippen LogP contribution in [0.3, 0.4) is 0 Å². The molecule has 0 unspecified atom stereocenters. The van der Waals surface area contributed by atoms with Crippen molar-refractivity contribution in [2.45, 2.75) is 0 Å². The summed E-state index contributed by atoms with van der Waals surface area (Å²) in [5.74, 6) is -0.545. The normalized spacial score (nSPS) is 9.61. The minimum Gasteiger partial charge on any atom is -0.480 e. The van der Waals surface area contributed by atoms with E-state index in [1.807, 2.05) is 0 Å². The summed E-state index contributed by atoms with van der Waals surface area (Å²) in [4.78, 5) is 23.4. The van der Waals surface area contributed by atoms with Crippen LogP contribution in [0.25, 0.3) is 0 Å². The summed E-state index contributed by atoms with van der Waals surface area (Å²) in [6.45, 7) is -0.772. The van der Waals surface area contributed by atoms with Crippen LogP contribution in [-0.4, -0.2) is 35.0 Å². The third-order valence-corrected chi connectivity index (χ3v) is 2.69. The molecule has 0 saturated heterocycles. The molecule has 0 fully saturated rings. The Morgan fingerprint density at radius 3 is 2.72 bits per heavy atom. The topological polar surface area (TPSA) is 57.6 Å². The number of hydrogen-bond acceptors (Lipinski definition) is 2. The van der Waals surface area contributed by atoms with Crippen LogP contribution in [0.1, 0.15) is 10.4 Å². The number of hydrogen-bond donors (Lipinski definition) is 1. The Bertz CT molecular complexity index is 525. The van der Waals surface area contributed by atoms with Crippen molar-refractivity contribution in [2.24, 2.45) is 0 Å². The Hall–Kier alpha value is -1.87. The van der Waals surface area contributed by atoms with Crippen molar-refractivity contribution in [1.82, 2.24) is 4.90 Å². The van der Waals surface area contributed by atoms with Gasteiger partial charge in [0.1, 0.15) is 12.4 Å². The summed E-state index contributed by atoms with van der Waals surface area (Å²) < 4.78 is 13.8. The van der Waals surface area contributed by atoms with Gasteiger partial charge in [-0.15, -0.1) is 6.42 Å². The van der Waals surface area contributed by atoms with Crippen LogP contribution in [0.15, 0.2) is 22.7 Å². The number of terminal acetylenes is 1. The molecule has 0 bridgehead atoms. The quantitative estimate of drug-likeness (QED) is 0.862. The second-order valence-electron chi connectivity index (χ2n) is 3.36. The summed E-state index contributed by atoms with van der Waals surface area (Å²) in [7, 11) is 0. The SMILES string of the molecule is C#CCN(CC(=O)O)C(=O)c1cccc(Br)c1F. The van der Waals surface area contributed by atoms with E-state index >= 15 is 0 Å². The number of carboxylic acid groups (broad SMARTS) is 1. The average molecular weight is 314 g/mol. The number of amides is 1. The van der Waals surface area contributed by atoms with Crippen molar-refractivity contribution in [1.29, 1.82) is 0 Å². The van der Waals surface area contributed by atoms with Gasteiger partial charge in [-0.25, -0.2) is 4.39 Å². The number of nitrogens with zero attached hydrogens (tertiary/aromatic N) is 1. The maximum Gasteiger partial charge on any atom is 0.323 e. The van der Waals surface area contributed by atoms with E-state index in [1.54, 1.807) is 0 Å². The number of carbonyl (C=O) groups excluding carboxylic acids is 1. The Morgan fingerprint density at radius 1 is 1.50 bits per heavy atom. The highest BCUT2D eigenvalue weighted by Crippen LogP contribution is 2.19. The average Bonchev–Trinajstić information content (AvgIpc) is 2.31. The van der Waals surface area contributed by atoms with E-state index in [4.69, 9.17) is 11.5 Å². The zero-order valence-electron chi connectivity index (χ0n) is 9.19. The lowest BCUT2D eigenvalue weighted by Crippen LogP contribution is -2.36. The van der Waals surface area contributed by atoms with Gasteiger partial charge >= 0.3 is 5.97 Å². The van der Waals surface area contributed by atoms with Crippen LogP contribution in [0, 0.1) is 18.2 Å². The van der Waals surface area contributed by atoms with E-state index < -0.39 is 24.2 Å². The molecule has 1 aromatic carbocycles. The molecular weight excluding hydrogens is 305 g/mol. The summed E-state index contributed by atoms with van der Waals surface area (Å²) in [6, 6.07) is 4.19. The van der Waals surface area contributed by atoms with E-state index in [2.05, 4.69) is 21.9 Å². The van der Waals surface area contributed by atoms with E-state index in [0.717, 1.165) is 4.90 Å². The Labute approximate surface area is 112 Å². The van der Waals surface area contributed by atoms with E-state index in [1.165, 1.54) is 18.2 Å². The zero-order chi connectivity index (χ0) is 13.7. The van der Waals surface area contributed by atoms with Crippen molar-refractivity contribution in [2.75, 3.05) is 13.1 Å². The summed E-state index contributed by atoms with van der Waals surface area (Å²) >= 11 is 2.95. The number of halogens is 2. The summed E-state index contributed by atoms with van der Waals surface area (Å²) in [5, 5.41) is 8.66. The lowest BCUT2D eigenvalue weighted by molar-refractivity contribution is -0.137. The minimum atomic E-state index is -1.21. The molecule has 0 atom stereocenters. The van der Waals surface area contributed by atoms with Gasteiger partial charge in [0.2, 0.25) is 0 Å². The monoisotopic (exact) mass is 313 g/mol. The van der Waals surface area contributed by atoms with Crippen molar-refractivity contribution in [3.63, 3.8) is 0 Å². The zero-order valence-corrected chi connectivity index (χ0v) is 10.8. The number of benzene rings is 1. The van der Waals surface area contributed by atoms with Crippen LogP contribution in [0.2, 0.25) is 0 Å². The first-order valence-electron chi connectivity index (χ1n) is 4.86. The number of carboxylic acids is 1. The van der Waals surface area contributed by atoms with Gasteiger partial charge in [-0.05, 0) is 28.1 Å². The first-order valence-corrected chi connectivity index (χ1v) is 5.65. The molecule has 0 aliphatic rings. The molecule has 0 aliphatic carbocycles. The molecule has 1 amide bonds. The van der Waals surface area contributed by atoms with E-state index in [-0.39, 0.29) is 16.6 Å². The van der Waals surface area contributed by atoms with Gasteiger partial charge in [0, 0.05) is 0 Å². The molecule has 4 nitrogen and oxygen atoms in total.